The summed E-state index contributed by atoms with van der Waals surface area (Å²) < 4.78 is 15.8. The molecule has 0 aliphatic carbocycles. The lowest BCUT2D eigenvalue weighted by Gasteiger charge is -2.20. The van der Waals surface area contributed by atoms with E-state index in [0.717, 1.165) is 37.6 Å². The third-order valence-corrected chi connectivity index (χ3v) is 5.12. The van der Waals surface area contributed by atoms with E-state index in [1.165, 1.54) is 17.3 Å². The molecule has 2 N–H and O–H groups in total. The van der Waals surface area contributed by atoms with E-state index >= 15 is 0 Å². The second-order valence-electron chi connectivity index (χ2n) is 6.91. The topological polar surface area (TPSA) is 70.4 Å². The van der Waals surface area contributed by atoms with Crippen LogP contribution in [0.25, 0.3) is 0 Å². The molecule has 1 saturated heterocycles. The van der Waals surface area contributed by atoms with E-state index < -0.39 is 0 Å². The third kappa shape index (κ3) is 4.37. The zero-order valence-corrected chi connectivity index (χ0v) is 16.5. The highest BCUT2D eigenvalue weighted by Gasteiger charge is 2.25. The van der Waals surface area contributed by atoms with Crippen LogP contribution in [0.5, 0.6) is 0 Å². The Balaban J connectivity index is 1.50. The Kier molecular flexibility index (Phi) is 5.93. The molecule has 27 heavy (non-hydrogen) atoms. The van der Waals surface area contributed by atoms with Gasteiger partial charge < -0.3 is 15.5 Å². The molecule has 1 fully saturated rings. The molecule has 0 saturated carbocycles. The summed E-state index contributed by atoms with van der Waals surface area (Å²) in [6.07, 6.45) is 3.43. The first-order valence-electron chi connectivity index (χ1n) is 9.31. The first-order valence-corrected chi connectivity index (χ1v) is 9.31. The van der Waals surface area contributed by atoms with Crippen molar-refractivity contribution in [1.29, 1.82) is 0 Å². The van der Waals surface area contributed by atoms with Crippen LogP contribution in [0, 0.1) is 19.7 Å². The minimum absolute atomic E-state index is 0.208. The van der Waals surface area contributed by atoms with Crippen LogP contribution >= 0.6 is 0 Å². The highest BCUT2D eigenvalue weighted by atomic mass is 19.1. The lowest BCUT2D eigenvalue weighted by atomic mass is 10.1. The maximum absolute atomic E-state index is 13.9. The zero-order valence-electron chi connectivity index (χ0n) is 16.5. The van der Waals surface area contributed by atoms with Crippen molar-refractivity contribution in [3.8, 4) is 0 Å². The normalized spacial score (nSPS) is 17.4. The van der Waals surface area contributed by atoms with Crippen molar-refractivity contribution in [3.05, 3.63) is 41.1 Å². The molecule has 2 aromatic rings. The molecule has 146 valence electrons. The number of guanidine groups is 1. The Labute approximate surface area is 159 Å². The van der Waals surface area contributed by atoms with Crippen LogP contribution in [-0.4, -0.2) is 53.4 Å². The fourth-order valence-electron chi connectivity index (χ4n) is 3.55. The molecule has 0 spiro atoms. The number of aliphatic imine (C=N–C) groups is 1. The number of nitrogens with zero attached hydrogens (tertiary/aromatic N) is 5. The van der Waals surface area contributed by atoms with Crippen LogP contribution < -0.4 is 15.5 Å². The average Bonchev–Trinajstić information content (AvgIpc) is 3.20. The highest BCUT2D eigenvalue weighted by molar-refractivity contribution is 5.80. The average molecular weight is 373 g/mol. The molecule has 1 aliphatic rings. The fraction of sp³-hybridized carbons (Fsp3) is 0.526. The van der Waals surface area contributed by atoms with Gasteiger partial charge in [0.1, 0.15) is 0 Å². The summed E-state index contributed by atoms with van der Waals surface area (Å²) in [5.41, 5.74) is 3.54. The van der Waals surface area contributed by atoms with Gasteiger partial charge in [0.05, 0.1) is 5.69 Å². The number of hydrogen-bond donors (Lipinski definition) is 2. The number of aromatic nitrogens is 3. The predicted octanol–water partition coefficient (Wildman–Crippen LogP) is 1.56. The van der Waals surface area contributed by atoms with Crippen molar-refractivity contribution in [1.82, 2.24) is 25.4 Å². The number of rotatable bonds is 5. The maximum Gasteiger partial charge on any atom is 0.191 e. The molecule has 1 unspecified atom stereocenters. The quantitative estimate of drug-likeness (QED) is 0.615. The molecule has 7 nitrogen and oxygen atoms in total. The highest BCUT2D eigenvalue weighted by Crippen LogP contribution is 2.20. The predicted molar refractivity (Wildman–Crippen MR) is 106 cm³/mol. The Bertz CT molecular complexity index is 814. The van der Waals surface area contributed by atoms with E-state index in [1.54, 1.807) is 19.3 Å². The van der Waals surface area contributed by atoms with Crippen molar-refractivity contribution in [2.24, 2.45) is 12.0 Å². The minimum Gasteiger partial charge on any atom is -0.356 e. The van der Waals surface area contributed by atoms with Crippen LogP contribution in [0.15, 0.2) is 23.3 Å². The lowest BCUT2D eigenvalue weighted by Crippen LogP contribution is -2.45. The molecule has 8 heteroatoms. The molecule has 0 radical (unpaired) electrons. The van der Waals surface area contributed by atoms with Gasteiger partial charge in [-0.1, -0.05) is 0 Å². The SMILES string of the molecule is CN=C(NCCc1c(C)nn(C)c1C)NC1CCN(c2ncccc2F)C1. The maximum atomic E-state index is 13.9. The second kappa shape index (κ2) is 8.37. The van der Waals surface area contributed by atoms with Crippen LogP contribution in [-0.2, 0) is 13.5 Å². The molecule has 2 aromatic heterocycles. The van der Waals surface area contributed by atoms with E-state index in [0.29, 0.717) is 12.4 Å². The Morgan fingerprint density at radius 1 is 1.41 bits per heavy atom. The molecule has 0 amide bonds. The van der Waals surface area contributed by atoms with Gasteiger partial charge in [-0.3, -0.25) is 9.67 Å². The first-order chi connectivity index (χ1) is 13.0. The van der Waals surface area contributed by atoms with Crippen molar-refractivity contribution in [2.45, 2.75) is 32.7 Å². The van der Waals surface area contributed by atoms with Crippen LogP contribution in [0.4, 0.5) is 10.2 Å². The minimum atomic E-state index is -0.275. The summed E-state index contributed by atoms with van der Waals surface area (Å²) in [7, 11) is 3.73. The summed E-state index contributed by atoms with van der Waals surface area (Å²) >= 11 is 0. The van der Waals surface area contributed by atoms with Crippen LogP contribution in [0.1, 0.15) is 23.4 Å². The third-order valence-electron chi connectivity index (χ3n) is 5.12. The smallest absolute Gasteiger partial charge is 0.191 e. The monoisotopic (exact) mass is 373 g/mol. The Morgan fingerprint density at radius 2 is 2.22 bits per heavy atom. The van der Waals surface area contributed by atoms with E-state index in [2.05, 4.69) is 32.6 Å². The van der Waals surface area contributed by atoms with Crippen LogP contribution in [0.2, 0.25) is 0 Å². The molecule has 3 rings (SSSR count). The Hall–Kier alpha value is -2.64. The van der Waals surface area contributed by atoms with Gasteiger partial charge in [0.15, 0.2) is 17.6 Å². The standard InChI is InChI=1S/C19H28FN7/c1-13-16(14(2)26(4)25-13)7-10-23-19(21-3)24-15-8-11-27(12-15)18-17(20)6-5-9-22-18/h5-6,9,15H,7-8,10-12H2,1-4H3,(H2,21,23,24). The van der Waals surface area contributed by atoms with E-state index in [-0.39, 0.29) is 11.9 Å². The molecule has 1 aliphatic heterocycles. The summed E-state index contributed by atoms with van der Waals surface area (Å²) in [5.74, 6) is 0.915. The van der Waals surface area contributed by atoms with Gasteiger partial charge in [-0.05, 0) is 44.4 Å². The number of anilines is 1. The van der Waals surface area contributed by atoms with E-state index in [4.69, 9.17) is 0 Å². The van der Waals surface area contributed by atoms with Gasteiger partial charge >= 0.3 is 0 Å². The number of nitrogens with one attached hydrogen (secondary N) is 2. The van der Waals surface area contributed by atoms with E-state index in [1.807, 2.05) is 23.6 Å². The van der Waals surface area contributed by atoms with Gasteiger partial charge in [-0.15, -0.1) is 0 Å². The van der Waals surface area contributed by atoms with Gasteiger partial charge in [-0.25, -0.2) is 9.37 Å². The van der Waals surface area contributed by atoms with Crippen molar-refractivity contribution in [3.63, 3.8) is 0 Å². The van der Waals surface area contributed by atoms with Crippen molar-refractivity contribution in [2.75, 3.05) is 31.6 Å². The van der Waals surface area contributed by atoms with Crippen molar-refractivity contribution < 1.29 is 4.39 Å². The number of pyridine rings is 1. The number of hydrogen-bond acceptors (Lipinski definition) is 4. The van der Waals surface area contributed by atoms with Crippen molar-refractivity contribution >= 4 is 11.8 Å². The molecular formula is C19H28FN7. The van der Waals surface area contributed by atoms with Gasteiger partial charge in [-0.2, -0.15) is 5.10 Å². The van der Waals surface area contributed by atoms with Gasteiger partial charge in [0.2, 0.25) is 0 Å². The zero-order chi connectivity index (χ0) is 19.4. The molecule has 0 bridgehead atoms. The molecular weight excluding hydrogens is 345 g/mol. The fourth-order valence-corrected chi connectivity index (χ4v) is 3.55. The first kappa shape index (κ1) is 19.1. The number of halogens is 1. The largest absolute Gasteiger partial charge is 0.356 e. The molecule has 3 heterocycles. The lowest BCUT2D eigenvalue weighted by molar-refractivity contribution is 0.612. The van der Waals surface area contributed by atoms with E-state index in [9.17, 15) is 4.39 Å². The van der Waals surface area contributed by atoms with Crippen LogP contribution in [0.3, 0.4) is 0 Å². The molecule has 0 aromatic carbocycles. The van der Waals surface area contributed by atoms with Gasteiger partial charge in [0, 0.05) is 51.7 Å². The summed E-state index contributed by atoms with van der Waals surface area (Å²) in [6.45, 7) is 6.38. The number of aryl methyl sites for hydroxylation is 2. The summed E-state index contributed by atoms with van der Waals surface area (Å²) in [6, 6.07) is 3.27. The molecule has 1 atom stereocenters. The van der Waals surface area contributed by atoms with Gasteiger partial charge in [0.25, 0.3) is 0 Å². The summed E-state index contributed by atoms with van der Waals surface area (Å²) in [4.78, 5) is 10.5. The second-order valence-corrected chi connectivity index (χ2v) is 6.91. The Morgan fingerprint density at radius 3 is 2.89 bits per heavy atom. The summed E-state index contributed by atoms with van der Waals surface area (Å²) in [5, 5.41) is 11.3.